The minimum absolute atomic E-state index is 0.00867. The summed E-state index contributed by atoms with van der Waals surface area (Å²) in [6.45, 7) is 1.13. The Balaban J connectivity index is 1.71. The maximum absolute atomic E-state index is 12.0. The Bertz CT molecular complexity index is 708. The van der Waals surface area contributed by atoms with Crippen LogP contribution in [0.15, 0.2) is 35.5 Å². The number of hydrogen-bond acceptors (Lipinski definition) is 5. The van der Waals surface area contributed by atoms with Crippen molar-refractivity contribution in [2.75, 3.05) is 13.2 Å². The molecule has 0 spiro atoms. The maximum Gasteiger partial charge on any atom is 0.264 e. The van der Waals surface area contributed by atoms with E-state index >= 15 is 0 Å². The van der Waals surface area contributed by atoms with Crippen LogP contribution in [-0.4, -0.2) is 40.1 Å². The first kappa shape index (κ1) is 14.4. The van der Waals surface area contributed by atoms with Crippen molar-refractivity contribution < 1.29 is 9.53 Å². The van der Waals surface area contributed by atoms with E-state index in [1.807, 2.05) is 0 Å². The Kier molecular flexibility index (Phi) is 4.24. The predicted octanol–water partition coefficient (Wildman–Crippen LogP) is 0.741. The molecular weight excluding hydrogens is 284 g/mol. The molecule has 0 saturated carbocycles. The van der Waals surface area contributed by atoms with Crippen LogP contribution in [0.5, 0.6) is 0 Å². The van der Waals surface area contributed by atoms with Crippen LogP contribution in [0.1, 0.15) is 23.2 Å². The Morgan fingerprint density at radius 1 is 1.45 bits per heavy atom. The molecule has 114 valence electrons. The standard InChI is InChI=1S/C15H16N4O3/c20-14(18-8-11-4-2-6-22-11)12-9-17-13(19-15(12)21)10-3-1-5-16-7-10/h1,3,5,7,9,11H,2,4,6,8H2,(H,18,20)(H,17,19,21)/t11-/m0/s1. The third-order valence-corrected chi connectivity index (χ3v) is 3.49. The number of pyridine rings is 1. The minimum atomic E-state index is -0.473. The van der Waals surface area contributed by atoms with E-state index in [9.17, 15) is 9.59 Å². The van der Waals surface area contributed by atoms with E-state index in [-0.39, 0.29) is 11.7 Å². The first-order chi connectivity index (χ1) is 10.7. The quantitative estimate of drug-likeness (QED) is 0.868. The van der Waals surface area contributed by atoms with Crippen LogP contribution in [0, 0.1) is 0 Å². The van der Waals surface area contributed by atoms with Gasteiger partial charge in [-0.05, 0) is 25.0 Å². The van der Waals surface area contributed by atoms with Crippen molar-refractivity contribution in [2.45, 2.75) is 18.9 Å². The highest BCUT2D eigenvalue weighted by molar-refractivity contribution is 5.93. The average molecular weight is 300 g/mol. The molecule has 2 aromatic heterocycles. The molecule has 0 radical (unpaired) electrons. The van der Waals surface area contributed by atoms with Gasteiger partial charge in [0.05, 0.1) is 6.10 Å². The zero-order valence-electron chi connectivity index (χ0n) is 11.9. The summed E-state index contributed by atoms with van der Waals surface area (Å²) in [6, 6.07) is 3.53. The van der Waals surface area contributed by atoms with Crippen molar-refractivity contribution >= 4 is 5.91 Å². The van der Waals surface area contributed by atoms with E-state index in [4.69, 9.17) is 4.74 Å². The molecule has 3 heterocycles. The lowest BCUT2D eigenvalue weighted by atomic mass is 10.2. The number of carbonyl (C=O) groups excluding carboxylic acids is 1. The first-order valence-corrected chi connectivity index (χ1v) is 7.13. The van der Waals surface area contributed by atoms with Gasteiger partial charge in [0.2, 0.25) is 0 Å². The highest BCUT2D eigenvalue weighted by Gasteiger charge is 2.18. The second kappa shape index (κ2) is 6.48. The number of H-pyrrole nitrogens is 1. The number of carbonyl (C=O) groups is 1. The van der Waals surface area contributed by atoms with Crippen molar-refractivity contribution in [1.29, 1.82) is 0 Å². The molecule has 2 aromatic rings. The zero-order chi connectivity index (χ0) is 15.4. The highest BCUT2D eigenvalue weighted by Crippen LogP contribution is 2.11. The Morgan fingerprint density at radius 3 is 3.05 bits per heavy atom. The summed E-state index contributed by atoms with van der Waals surface area (Å²) in [5, 5.41) is 2.70. The van der Waals surface area contributed by atoms with Crippen molar-refractivity contribution in [3.63, 3.8) is 0 Å². The smallest absolute Gasteiger partial charge is 0.264 e. The molecule has 0 aliphatic carbocycles. The molecule has 0 unspecified atom stereocenters. The number of amides is 1. The number of nitrogens with one attached hydrogen (secondary N) is 2. The normalized spacial score (nSPS) is 17.4. The van der Waals surface area contributed by atoms with Gasteiger partial charge in [0.1, 0.15) is 11.4 Å². The van der Waals surface area contributed by atoms with E-state index in [0.717, 1.165) is 19.4 Å². The van der Waals surface area contributed by atoms with Crippen molar-refractivity contribution in [1.82, 2.24) is 20.3 Å². The Morgan fingerprint density at radius 2 is 2.36 bits per heavy atom. The fourth-order valence-corrected chi connectivity index (χ4v) is 2.31. The number of rotatable bonds is 4. The molecule has 2 N–H and O–H groups in total. The van der Waals surface area contributed by atoms with Gasteiger partial charge in [0, 0.05) is 37.3 Å². The lowest BCUT2D eigenvalue weighted by Gasteiger charge is -2.10. The van der Waals surface area contributed by atoms with E-state index in [2.05, 4.69) is 20.3 Å². The second-order valence-electron chi connectivity index (χ2n) is 5.06. The van der Waals surface area contributed by atoms with Crippen molar-refractivity contribution in [3.8, 4) is 11.4 Å². The summed E-state index contributed by atoms with van der Waals surface area (Å²) >= 11 is 0. The fraction of sp³-hybridized carbons (Fsp3) is 0.333. The number of aromatic amines is 1. The van der Waals surface area contributed by atoms with Crippen molar-refractivity contribution in [3.05, 3.63) is 46.6 Å². The molecule has 7 nitrogen and oxygen atoms in total. The molecule has 1 amide bonds. The van der Waals surface area contributed by atoms with Gasteiger partial charge in [0.15, 0.2) is 0 Å². The molecule has 1 aliphatic heterocycles. The number of ether oxygens (including phenoxy) is 1. The minimum Gasteiger partial charge on any atom is -0.376 e. The molecule has 22 heavy (non-hydrogen) atoms. The Hall–Kier alpha value is -2.54. The van der Waals surface area contributed by atoms with Crippen LogP contribution in [0.4, 0.5) is 0 Å². The topological polar surface area (TPSA) is 97.0 Å². The monoisotopic (exact) mass is 300 g/mol. The van der Waals surface area contributed by atoms with Crippen LogP contribution >= 0.6 is 0 Å². The van der Waals surface area contributed by atoms with Gasteiger partial charge in [-0.15, -0.1) is 0 Å². The van der Waals surface area contributed by atoms with E-state index in [0.29, 0.717) is 17.9 Å². The lowest BCUT2D eigenvalue weighted by molar-refractivity contribution is 0.0856. The maximum atomic E-state index is 12.0. The van der Waals surface area contributed by atoms with Crippen LogP contribution in [-0.2, 0) is 4.74 Å². The van der Waals surface area contributed by atoms with Crippen LogP contribution in [0.3, 0.4) is 0 Å². The lowest BCUT2D eigenvalue weighted by Crippen LogP contribution is -2.35. The fourth-order valence-electron chi connectivity index (χ4n) is 2.31. The molecule has 7 heteroatoms. The summed E-state index contributed by atoms with van der Waals surface area (Å²) in [5.41, 5.74) is 0.204. The van der Waals surface area contributed by atoms with E-state index in [1.54, 1.807) is 24.5 Å². The molecular formula is C15H16N4O3. The van der Waals surface area contributed by atoms with Gasteiger partial charge >= 0.3 is 0 Å². The summed E-state index contributed by atoms with van der Waals surface area (Å²) < 4.78 is 5.42. The number of hydrogen-bond donors (Lipinski definition) is 2. The van der Waals surface area contributed by atoms with Crippen LogP contribution in [0.25, 0.3) is 11.4 Å². The van der Waals surface area contributed by atoms with Gasteiger partial charge in [-0.2, -0.15) is 0 Å². The summed E-state index contributed by atoms with van der Waals surface area (Å²) in [5.74, 6) is -0.0595. The largest absolute Gasteiger partial charge is 0.376 e. The molecule has 3 rings (SSSR count). The average Bonchev–Trinajstić information content (AvgIpc) is 3.07. The van der Waals surface area contributed by atoms with Gasteiger partial charge in [-0.25, -0.2) is 4.98 Å². The first-order valence-electron chi connectivity index (χ1n) is 7.13. The highest BCUT2D eigenvalue weighted by atomic mass is 16.5. The van der Waals surface area contributed by atoms with Crippen molar-refractivity contribution in [2.24, 2.45) is 0 Å². The number of nitrogens with zero attached hydrogens (tertiary/aromatic N) is 2. The van der Waals surface area contributed by atoms with Gasteiger partial charge < -0.3 is 15.0 Å². The van der Waals surface area contributed by atoms with E-state index in [1.165, 1.54) is 6.20 Å². The summed E-state index contributed by atoms with van der Waals surface area (Å²) in [4.78, 5) is 34.8. The zero-order valence-corrected chi connectivity index (χ0v) is 11.9. The molecule has 1 saturated heterocycles. The van der Waals surface area contributed by atoms with Crippen LogP contribution < -0.4 is 10.9 Å². The summed E-state index contributed by atoms with van der Waals surface area (Å²) in [6.07, 6.45) is 6.47. The molecule has 0 bridgehead atoms. The summed E-state index contributed by atoms with van der Waals surface area (Å²) in [7, 11) is 0. The third kappa shape index (κ3) is 3.20. The number of aromatic nitrogens is 3. The van der Waals surface area contributed by atoms with Gasteiger partial charge in [-0.1, -0.05) is 0 Å². The molecule has 0 aromatic carbocycles. The predicted molar refractivity (Wildman–Crippen MR) is 79.4 cm³/mol. The van der Waals surface area contributed by atoms with Gasteiger partial charge in [-0.3, -0.25) is 14.6 Å². The second-order valence-corrected chi connectivity index (χ2v) is 5.06. The molecule has 1 aliphatic rings. The Labute approximate surface area is 126 Å². The van der Waals surface area contributed by atoms with Gasteiger partial charge in [0.25, 0.3) is 11.5 Å². The molecule has 1 atom stereocenters. The van der Waals surface area contributed by atoms with E-state index < -0.39 is 11.5 Å². The SMILES string of the molecule is O=C(NC[C@@H]1CCCO1)c1cnc(-c2cccnc2)[nH]c1=O. The van der Waals surface area contributed by atoms with Crippen LogP contribution in [0.2, 0.25) is 0 Å². The molecule has 1 fully saturated rings. The third-order valence-electron chi connectivity index (χ3n) is 3.49.